The van der Waals surface area contributed by atoms with Gasteiger partial charge in [-0.05, 0) is 54.3 Å². The second-order valence-corrected chi connectivity index (χ2v) is 6.89. The molecule has 2 aliphatic carbocycles. The van der Waals surface area contributed by atoms with E-state index >= 15 is 0 Å². The van der Waals surface area contributed by atoms with Crippen molar-refractivity contribution in [2.75, 3.05) is 6.61 Å². The number of carbonyl (C=O) groups is 2. The standard InChI is InChI=1S/C22H20O3/c1-4-25-21(24)17-9-7-15(8-10-17)5-6-16-11-18-13-22(2,3)14-20(23)19(18)12-16/h7-13H,4,14H2,1-3H3. The highest BCUT2D eigenvalue weighted by molar-refractivity contribution is 6.04. The molecule has 0 radical (unpaired) electrons. The smallest absolute Gasteiger partial charge is 0.338 e. The number of esters is 1. The molecule has 0 heterocycles. The normalized spacial score (nSPS) is 17.6. The molecule has 2 aliphatic rings. The minimum atomic E-state index is -0.331. The van der Waals surface area contributed by atoms with Crippen molar-refractivity contribution in [1.82, 2.24) is 0 Å². The summed E-state index contributed by atoms with van der Waals surface area (Å²) in [4.78, 5) is 23.9. The van der Waals surface area contributed by atoms with Crippen LogP contribution < -0.4 is 0 Å². The number of rotatable bonds is 2. The van der Waals surface area contributed by atoms with Crippen LogP contribution in [0.25, 0.3) is 0 Å². The SMILES string of the molecule is CCOC(=O)c1ccc(C#CC2=CC3=CC(C)(C)CC(=O)C3=C2)cc1. The summed E-state index contributed by atoms with van der Waals surface area (Å²) in [5.41, 5.74) is 3.79. The third-order valence-electron chi connectivity index (χ3n) is 4.13. The average molecular weight is 332 g/mol. The maximum absolute atomic E-state index is 12.2. The summed E-state index contributed by atoms with van der Waals surface area (Å²) in [5.74, 6) is 6.02. The van der Waals surface area contributed by atoms with Gasteiger partial charge in [-0.3, -0.25) is 4.79 Å². The van der Waals surface area contributed by atoms with Crippen LogP contribution in [0.4, 0.5) is 0 Å². The molecule has 3 rings (SSSR count). The second-order valence-electron chi connectivity index (χ2n) is 6.89. The van der Waals surface area contributed by atoms with Gasteiger partial charge in [0, 0.05) is 23.1 Å². The van der Waals surface area contributed by atoms with Crippen molar-refractivity contribution in [3.05, 3.63) is 70.3 Å². The predicted molar refractivity (Wildman–Crippen MR) is 96.9 cm³/mol. The van der Waals surface area contributed by atoms with Crippen molar-refractivity contribution in [3.63, 3.8) is 0 Å². The molecule has 3 nitrogen and oxygen atoms in total. The van der Waals surface area contributed by atoms with Crippen LogP contribution in [-0.2, 0) is 9.53 Å². The molecule has 0 amide bonds. The molecule has 0 atom stereocenters. The number of hydrogen-bond acceptors (Lipinski definition) is 3. The summed E-state index contributed by atoms with van der Waals surface area (Å²) < 4.78 is 4.96. The molecular formula is C22H20O3. The lowest BCUT2D eigenvalue weighted by Crippen LogP contribution is -2.21. The number of benzene rings is 1. The topological polar surface area (TPSA) is 43.4 Å². The van der Waals surface area contributed by atoms with Crippen LogP contribution in [0.2, 0.25) is 0 Å². The first-order valence-electron chi connectivity index (χ1n) is 8.37. The lowest BCUT2D eigenvalue weighted by Gasteiger charge is -2.25. The van der Waals surface area contributed by atoms with Gasteiger partial charge in [0.05, 0.1) is 12.2 Å². The number of allylic oxidation sites excluding steroid dienone is 6. The van der Waals surface area contributed by atoms with E-state index in [0.717, 1.165) is 22.3 Å². The number of carbonyl (C=O) groups excluding carboxylic acids is 2. The highest BCUT2D eigenvalue weighted by Crippen LogP contribution is 2.38. The molecular weight excluding hydrogens is 312 g/mol. The maximum atomic E-state index is 12.2. The molecule has 0 N–H and O–H groups in total. The van der Waals surface area contributed by atoms with Gasteiger partial charge < -0.3 is 4.74 Å². The van der Waals surface area contributed by atoms with Gasteiger partial charge in [-0.25, -0.2) is 4.79 Å². The van der Waals surface area contributed by atoms with E-state index in [4.69, 9.17) is 4.74 Å². The van der Waals surface area contributed by atoms with Gasteiger partial charge in [-0.2, -0.15) is 0 Å². The Morgan fingerprint density at radius 1 is 1.16 bits per heavy atom. The Bertz CT molecular complexity index is 881. The minimum absolute atomic E-state index is 0.105. The highest BCUT2D eigenvalue weighted by atomic mass is 16.5. The lowest BCUT2D eigenvalue weighted by atomic mass is 9.77. The number of hydrogen-bond donors (Lipinski definition) is 0. The van der Waals surface area contributed by atoms with E-state index in [0.29, 0.717) is 18.6 Å². The summed E-state index contributed by atoms with van der Waals surface area (Å²) >= 11 is 0. The fourth-order valence-electron chi connectivity index (χ4n) is 2.99. The molecule has 0 fully saturated rings. The third kappa shape index (κ3) is 3.80. The molecule has 1 aromatic carbocycles. The van der Waals surface area contributed by atoms with Crippen LogP contribution in [0.5, 0.6) is 0 Å². The van der Waals surface area contributed by atoms with E-state index < -0.39 is 0 Å². The summed E-state index contributed by atoms with van der Waals surface area (Å²) in [6.07, 6.45) is 6.51. The molecule has 0 aromatic heterocycles. The molecule has 0 spiro atoms. The average Bonchev–Trinajstić information content (AvgIpc) is 2.95. The van der Waals surface area contributed by atoms with Gasteiger partial charge in [0.15, 0.2) is 5.78 Å². The van der Waals surface area contributed by atoms with Crippen molar-refractivity contribution in [1.29, 1.82) is 0 Å². The fraction of sp³-hybridized carbons (Fsp3) is 0.273. The van der Waals surface area contributed by atoms with Crippen LogP contribution >= 0.6 is 0 Å². The van der Waals surface area contributed by atoms with Gasteiger partial charge in [-0.1, -0.05) is 31.8 Å². The van der Waals surface area contributed by atoms with E-state index in [2.05, 4.69) is 31.8 Å². The van der Waals surface area contributed by atoms with Crippen molar-refractivity contribution < 1.29 is 14.3 Å². The number of ether oxygens (including phenoxy) is 1. The number of Topliss-reactive ketones (excluding diaryl/α,β-unsaturated/α-hetero) is 1. The zero-order valence-corrected chi connectivity index (χ0v) is 14.7. The fourth-order valence-corrected chi connectivity index (χ4v) is 2.99. The van der Waals surface area contributed by atoms with E-state index in [-0.39, 0.29) is 17.2 Å². The summed E-state index contributed by atoms with van der Waals surface area (Å²) in [7, 11) is 0. The van der Waals surface area contributed by atoms with Crippen molar-refractivity contribution >= 4 is 11.8 Å². The zero-order valence-electron chi connectivity index (χ0n) is 14.7. The van der Waals surface area contributed by atoms with Crippen LogP contribution in [-0.4, -0.2) is 18.4 Å². The second kappa shape index (κ2) is 6.57. The number of fused-ring (bicyclic) bond motifs is 1. The first-order valence-corrected chi connectivity index (χ1v) is 8.37. The molecule has 3 heteroatoms. The molecule has 25 heavy (non-hydrogen) atoms. The van der Waals surface area contributed by atoms with Crippen LogP contribution in [0.3, 0.4) is 0 Å². The van der Waals surface area contributed by atoms with E-state index in [1.54, 1.807) is 31.2 Å². The molecule has 0 saturated heterocycles. The largest absolute Gasteiger partial charge is 0.462 e. The van der Waals surface area contributed by atoms with Crippen molar-refractivity contribution in [2.45, 2.75) is 27.2 Å². The van der Waals surface area contributed by atoms with E-state index in [1.165, 1.54) is 0 Å². The molecule has 126 valence electrons. The number of ketones is 1. The summed E-state index contributed by atoms with van der Waals surface area (Å²) in [5, 5.41) is 0. The lowest BCUT2D eigenvalue weighted by molar-refractivity contribution is -0.116. The Hall–Kier alpha value is -2.86. The Kier molecular flexibility index (Phi) is 4.46. The Balaban J connectivity index is 1.79. The van der Waals surface area contributed by atoms with Crippen LogP contribution in [0, 0.1) is 17.3 Å². The van der Waals surface area contributed by atoms with Crippen LogP contribution in [0.15, 0.2) is 59.2 Å². The monoisotopic (exact) mass is 332 g/mol. The van der Waals surface area contributed by atoms with Crippen molar-refractivity contribution in [3.8, 4) is 11.8 Å². The van der Waals surface area contributed by atoms with Crippen molar-refractivity contribution in [2.24, 2.45) is 5.41 Å². The molecule has 0 saturated carbocycles. The van der Waals surface area contributed by atoms with Gasteiger partial charge in [0.1, 0.15) is 0 Å². The Labute approximate surface area is 148 Å². The highest BCUT2D eigenvalue weighted by Gasteiger charge is 2.31. The quantitative estimate of drug-likeness (QED) is 0.607. The summed E-state index contributed by atoms with van der Waals surface area (Å²) in [6.45, 7) is 6.27. The molecule has 1 aromatic rings. The third-order valence-corrected chi connectivity index (χ3v) is 4.13. The molecule has 0 unspecified atom stereocenters. The minimum Gasteiger partial charge on any atom is -0.462 e. The van der Waals surface area contributed by atoms with Crippen LogP contribution in [0.1, 0.15) is 43.1 Å². The van der Waals surface area contributed by atoms with Gasteiger partial charge >= 0.3 is 5.97 Å². The summed E-state index contributed by atoms with van der Waals surface area (Å²) in [6, 6.07) is 7.00. The molecule has 0 aliphatic heterocycles. The van der Waals surface area contributed by atoms with E-state index in [1.807, 2.05) is 12.2 Å². The van der Waals surface area contributed by atoms with Gasteiger partial charge in [0.25, 0.3) is 0 Å². The maximum Gasteiger partial charge on any atom is 0.338 e. The first-order chi connectivity index (χ1) is 11.9. The van der Waals surface area contributed by atoms with E-state index in [9.17, 15) is 9.59 Å². The molecule has 0 bridgehead atoms. The Morgan fingerprint density at radius 2 is 1.88 bits per heavy atom. The zero-order chi connectivity index (χ0) is 18.0. The van der Waals surface area contributed by atoms with Gasteiger partial charge in [0.2, 0.25) is 0 Å². The Morgan fingerprint density at radius 3 is 2.56 bits per heavy atom. The van der Waals surface area contributed by atoms with Gasteiger partial charge in [-0.15, -0.1) is 0 Å². The first kappa shape index (κ1) is 17.0. The predicted octanol–water partition coefficient (Wildman–Crippen LogP) is 4.01.